The summed E-state index contributed by atoms with van der Waals surface area (Å²) in [5.41, 5.74) is 2.16. The second-order valence-corrected chi connectivity index (χ2v) is 9.38. The van der Waals surface area contributed by atoms with Gasteiger partial charge in [0.25, 0.3) is 5.91 Å². The molecule has 0 bridgehead atoms. The number of nitrogens with zero attached hydrogens (tertiary/aromatic N) is 1. The average molecular weight is 530 g/mol. The summed E-state index contributed by atoms with van der Waals surface area (Å²) in [7, 11) is 1.55. The van der Waals surface area contributed by atoms with Crippen molar-refractivity contribution in [1.29, 1.82) is 0 Å². The number of methoxy groups -OCH3 is 1. The first-order chi connectivity index (χ1) is 15.5. The molecule has 162 valence electrons. The van der Waals surface area contributed by atoms with Gasteiger partial charge in [0, 0.05) is 10.0 Å². The van der Waals surface area contributed by atoms with Crippen molar-refractivity contribution in [3.63, 3.8) is 0 Å². The highest BCUT2D eigenvalue weighted by Crippen LogP contribution is 2.40. The van der Waals surface area contributed by atoms with E-state index in [2.05, 4.69) is 15.9 Å². The van der Waals surface area contributed by atoms with Crippen molar-refractivity contribution in [3.05, 3.63) is 93.1 Å². The van der Waals surface area contributed by atoms with Gasteiger partial charge in [0.05, 0.1) is 17.7 Å². The SMILES string of the molecule is COc1ccccc1N1C(=O)/C(=C/c2cc(Br)ccc2OCc2ccc(F)cc2)SC1=S. The molecule has 1 aliphatic rings. The number of amides is 1. The molecule has 1 aliphatic heterocycles. The second-order valence-electron chi connectivity index (χ2n) is 6.79. The van der Waals surface area contributed by atoms with Gasteiger partial charge in [-0.15, -0.1) is 0 Å². The predicted molar refractivity (Wildman–Crippen MR) is 134 cm³/mol. The van der Waals surface area contributed by atoms with Crippen LogP contribution in [0.4, 0.5) is 10.1 Å². The van der Waals surface area contributed by atoms with Crippen LogP contribution in [0.3, 0.4) is 0 Å². The highest BCUT2D eigenvalue weighted by Gasteiger charge is 2.35. The molecule has 1 amide bonds. The van der Waals surface area contributed by atoms with E-state index in [9.17, 15) is 9.18 Å². The maximum Gasteiger partial charge on any atom is 0.270 e. The summed E-state index contributed by atoms with van der Waals surface area (Å²) in [6.45, 7) is 0.269. The summed E-state index contributed by atoms with van der Waals surface area (Å²) in [5.74, 6) is 0.639. The molecule has 3 aromatic carbocycles. The van der Waals surface area contributed by atoms with Crippen molar-refractivity contribution in [2.75, 3.05) is 12.0 Å². The van der Waals surface area contributed by atoms with E-state index in [1.54, 1.807) is 37.5 Å². The molecule has 1 saturated heterocycles. The first-order valence-corrected chi connectivity index (χ1v) is 11.6. The molecule has 8 heteroatoms. The van der Waals surface area contributed by atoms with Gasteiger partial charge in [0.2, 0.25) is 0 Å². The number of hydrogen-bond acceptors (Lipinski definition) is 5. The third kappa shape index (κ3) is 4.87. The van der Waals surface area contributed by atoms with E-state index in [4.69, 9.17) is 21.7 Å². The highest BCUT2D eigenvalue weighted by atomic mass is 79.9. The number of ether oxygens (including phenoxy) is 2. The number of para-hydroxylation sites is 2. The Balaban J connectivity index is 1.62. The van der Waals surface area contributed by atoms with E-state index in [-0.39, 0.29) is 18.3 Å². The number of carbonyl (C=O) groups is 1. The number of anilines is 1. The van der Waals surface area contributed by atoms with Crippen molar-refractivity contribution in [2.24, 2.45) is 0 Å². The summed E-state index contributed by atoms with van der Waals surface area (Å²) in [6.07, 6.45) is 1.76. The van der Waals surface area contributed by atoms with Crippen LogP contribution < -0.4 is 14.4 Å². The van der Waals surface area contributed by atoms with Crippen molar-refractivity contribution in [1.82, 2.24) is 0 Å². The molecular weight excluding hydrogens is 513 g/mol. The van der Waals surface area contributed by atoms with Gasteiger partial charge in [0.15, 0.2) is 4.32 Å². The normalized spacial score (nSPS) is 14.8. The lowest BCUT2D eigenvalue weighted by atomic mass is 10.1. The van der Waals surface area contributed by atoms with Crippen LogP contribution in [0.25, 0.3) is 6.08 Å². The lowest BCUT2D eigenvalue weighted by molar-refractivity contribution is -0.113. The molecule has 32 heavy (non-hydrogen) atoms. The number of benzene rings is 3. The number of carbonyl (C=O) groups excluding carboxylic acids is 1. The van der Waals surface area contributed by atoms with Gasteiger partial charge in [-0.3, -0.25) is 9.69 Å². The lowest BCUT2D eigenvalue weighted by Gasteiger charge is -2.17. The Morgan fingerprint density at radius 3 is 2.59 bits per heavy atom. The molecule has 0 aromatic heterocycles. The molecule has 1 fully saturated rings. The Morgan fingerprint density at radius 2 is 1.84 bits per heavy atom. The van der Waals surface area contributed by atoms with E-state index in [0.29, 0.717) is 26.4 Å². The van der Waals surface area contributed by atoms with Gasteiger partial charge >= 0.3 is 0 Å². The Hall–Kier alpha value is -2.68. The Kier molecular flexibility index (Phi) is 6.93. The van der Waals surface area contributed by atoms with Gasteiger partial charge in [-0.2, -0.15) is 0 Å². The number of thiocarbonyl (C=S) groups is 1. The maximum atomic E-state index is 13.2. The van der Waals surface area contributed by atoms with Gasteiger partial charge in [0.1, 0.15) is 23.9 Å². The molecule has 0 saturated carbocycles. The molecule has 0 radical (unpaired) electrons. The van der Waals surface area contributed by atoms with Crippen LogP contribution in [0.1, 0.15) is 11.1 Å². The monoisotopic (exact) mass is 529 g/mol. The molecule has 0 unspecified atom stereocenters. The standard InChI is InChI=1S/C24H17BrFNO3S2/c1-29-21-5-3-2-4-19(21)27-23(28)22(32-24(27)31)13-16-12-17(25)8-11-20(16)30-14-15-6-9-18(26)10-7-15/h2-13H,14H2,1H3/b22-13-. The molecule has 0 N–H and O–H groups in total. The molecule has 3 aromatic rings. The summed E-state index contributed by atoms with van der Waals surface area (Å²) in [6, 6.07) is 18.9. The van der Waals surface area contributed by atoms with Gasteiger partial charge < -0.3 is 9.47 Å². The van der Waals surface area contributed by atoms with Crippen molar-refractivity contribution < 1.29 is 18.7 Å². The average Bonchev–Trinajstić information content (AvgIpc) is 3.07. The number of rotatable bonds is 6. The smallest absolute Gasteiger partial charge is 0.270 e. The highest BCUT2D eigenvalue weighted by molar-refractivity contribution is 9.10. The first kappa shape index (κ1) is 22.5. The number of thioether (sulfide) groups is 1. The zero-order valence-corrected chi connectivity index (χ0v) is 20.1. The fourth-order valence-electron chi connectivity index (χ4n) is 3.14. The largest absolute Gasteiger partial charge is 0.495 e. The summed E-state index contributed by atoms with van der Waals surface area (Å²) in [4.78, 5) is 15.2. The summed E-state index contributed by atoms with van der Waals surface area (Å²) >= 11 is 10.2. The van der Waals surface area contributed by atoms with E-state index in [1.807, 2.05) is 30.3 Å². The quantitative estimate of drug-likeness (QED) is 0.266. The second kappa shape index (κ2) is 9.85. The minimum Gasteiger partial charge on any atom is -0.495 e. The van der Waals surface area contributed by atoms with Crippen LogP contribution in [0, 0.1) is 5.82 Å². The van der Waals surface area contributed by atoms with Crippen molar-refractivity contribution >= 4 is 61.9 Å². The molecule has 0 spiro atoms. The van der Waals surface area contributed by atoms with E-state index < -0.39 is 0 Å². The molecular formula is C24H17BrFNO3S2. The van der Waals surface area contributed by atoms with Crippen molar-refractivity contribution in [3.8, 4) is 11.5 Å². The van der Waals surface area contributed by atoms with E-state index >= 15 is 0 Å². The minimum atomic E-state index is -0.296. The minimum absolute atomic E-state index is 0.228. The fourth-order valence-corrected chi connectivity index (χ4v) is 4.79. The van der Waals surface area contributed by atoms with Gasteiger partial charge in [-0.25, -0.2) is 4.39 Å². The molecule has 0 aliphatic carbocycles. The Labute approximate surface area is 203 Å². The Morgan fingerprint density at radius 1 is 1.09 bits per heavy atom. The summed E-state index contributed by atoms with van der Waals surface area (Å²) in [5, 5.41) is 0. The van der Waals surface area contributed by atoms with Crippen LogP contribution in [0.15, 0.2) is 76.1 Å². The van der Waals surface area contributed by atoms with Crippen LogP contribution in [-0.2, 0) is 11.4 Å². The third-order valence-electron chi connectivity index (χ3n) is 4.69. The van der Waals surface area contributed by atoms with E-state index in [0.717, 1.165) is 15.6 Å². The predicted octanol–water partition coefficient (Wildman–Crippen LogP) is 6.58. The van der Waals surface area contributed by atoms with Crippen LogP contribution in [0.2, 0.25) is 0 Å². The lowest BCUT2D eigenvalue weighted by Crippen LogP contribution is -2.27. The first-order valence-electron chi connectivity index (χ1n) is 9.54. The van der Waals surface area contributed by atoms with E-state index in [1.165, 1.54) is 28.8 Å². The molecule has 4 rings (SSSR count). The number of hydrogen-bond donors (Lipinski definition) is 0. The summed E-state index contributed by atoms with van der Waals surface area (Å²) < 4.78 is 25.8. The third-order valence-corrected chi connectivity index (χ3v) is 6.48. The fraction of sp³-hybridized carbons (Fsp3) is 0.0833. The zero-order chi connectivity index (χ0) is 22.7. The van der Waals surface area contributed by atoms with Crippen LogP contribution in [0.5, 0.6) is 11.5 Å². The molecule has 4 nitrogen and oxygen atoms in total. The van der Waals surface area contributed by atoms with Gasteiger partial charge in [-0.05, 0) is 54.1 Å². The van der Waals surface area contributed by atoms with Crippen LogP contribution in [-0.4, -0.2) is 17.3 Å². The Bertz CT molecular complexity index is 1210. The van der Waals surface area contributed by atoms with Crippen LogP contribution >= 0.6 is 39.9 Å². The van der Waals surface area contributed by atoms with Crippen molar-refractivity contribution in [2.45, 2.75) is 6.61 Å². The zero-order valence-electron chi connectivity index (χ0n) is 16.9. The molecule has 1 heterocycles. The topological polar surface area (TPSA) is 38.8 Å². The number of halogens is 2. The maximum absolute atomic E-state index is 13.2. The molecule has 0 atom stereocenters. The van der Waals surface area contributed by atoms with Gasteiger partial charge in [-0.1, -0.05) is 64.2 Å².